The minimum absolute atomic E-state index is 0.0670. The number of aromatic nitrogens is 3. The molecule has 0 aromatic carbocycles. The molecule has 2 saturated heterocycles. The van der Waals surface area contributed by atoms with E-state index < -0.39 is 0 Å². The number of rotatable bonds is 4. The minimum atomic E-state index is -0.129. The Morgan fingerprint density at radius 2 is 1.93 bits per heavy atom. The lowest BCUT2D eigenvalue weighted by Crippen LogP contribution is -2.44. The van der Waals surface area contributed by atoms with Crippen LogP contribution < -0.4 is 0 Å². The molecule has 8 nitrogen and oxygen atoms in total. The average molecular weight is 397 g/mol. The van der Waals surface area contributed by atoms with E-state index in [0.717, 1.165) is 19.4 Å². The molecule has 2 aromatic heterocycles. The summed E-state index contributed by atoms with van der Waals surface area (Å²) in [7, 11) is 0. The highest BCUT2D eigenvalue weighted by Gasteiger charge is 2.38. The standard InChI is InChI=1S/C21H27N5O3/c1-14(2)18-23-19(29-24-18)17-7-5-11-26(17)20(27)15-8-12-25(13-9-15)21(28)16-6-3-4-10-22-16/h3-4,6,10,14-15,17H,5,7-9,11-13H2,1-2H3/t17-/m0/s1. The monoisotopic (exact) mass is 397 g/mol. The highest BCUT2D eigenvalue weighted by molar-refractivity contribution is 5.92. The van der Waals surface area contributed by atoms with Gasteiger partial charge in [0.25, 0.3) is 5.91 Å². The Morgan fingerprint density at radius 1 is 1.14 bits per heavy atom. The Balaban J connectivity index is 1.38. The number of carbonyl (C=O) groups excluding carboxylic acids is 2. The van der Waals surface area contributed by atoms with Crippen LogP contribution in [0.4, 0.5) is 0 Å². The van der Waals surface area contributed by atoms with Crippen LogP contribution in [-0.4, -0.2) is 56.4 Å². The molecule has 1 atom stereocenters. The molecule has 2 aliphatic rings. The van der Waals surface area contributed by atoms with Crippen LogP contribution in [-0.2, 0) is 4.79 Å². The van der Waals surface area contributed by atoms with Crippen molar-refractivity contribution in [1.82, 2.24) is 24.9 Å². The van der Waals surface area contributed by atoms with Crippen molar-refractivity contribution in [3.63, 3.8) is 0 Å². The van der Waals surface area contributed by atoms with Gasteiger partial charge in [0.15, 0.2) is 5.82 Å². The summed E-state index contributed by atoms with van der Waals surface area (Å²) in [5.74, 6) is 1.42. The second-order valence-corrected chi connectivity index (χ2v) is 8.12. The van der Waals surface area contributed by atoms with Gasteiger partial charge in [0.05, 0.1) is 0 Å². The van der Waals surface area contributed by atoms with Gasteiger partial charge in [0, 0.05) is 37.7 Å². The molecule has 2 aromatic rings. The summed E-state index contributed by atoms with van der Waals surface area (Å²) in [4.78, 5) is 38.1. The zero-order chi connectivity index (χ0) is 20.4. The largest absolute Gasteiger partial charge is 0.337 e. The Bertz CT molecular complexity index is 858. The first kappa shape index (κ1) is 19.5. The van der Waals surface area contributed by atoms with Crippen LogP contribution in [0.25, 0.3) is 0 Å². The van der Waals surface area contributed by atoms with Gasteiger partial charge in [0.2, 0.25) is 11.8 Å². The Morgan fingerprint density at radius 3 is 2.59 bits per heavy atom. The minimum Gasteiger partial charge on any atom is -0.337 e. The fraction of sp³-hybridized carbons (Fsp3) is 0.571. The van der Waals surface area contributed by atoms with E-state index in [4.69, 9.17) is 4.52 Å². The third-order valence-electron chi connectivity index (χ3n) is 5.81. The van der Waals surface area contributed by atoms with E-state index >= 15 is 0 Å². The van der Waals surface area contributed by atoms with Crippen LogP contribution in [0, 0.1) is 5.92 Å². The average Bonchev–Trinajstić information content (AvgIpc) is 3.43. The maximum Gasteiger partial charge on any atom is 0.272 e. The first-order valence-electron chi connectivity index (χ1n) is 10.4. The van der Waals surface area contributed by atoms with Gasteiger partial charge in [-0.05, 0) is 37.8 Å². The lowest BCUT2D eigenvalue weighted by atomic mass is 9.94. The molecule has 0 aliphatic carbocycles. The van der Waals surface area contributed by atoms with Crippen LogP contribution in [0.2, 0.25) is 0 Å². The van der Waals surface area contributed by atoms with Gasteiger partial charge in [-0.2, -0.15) is 4.98 Å². The van der Waals surface area contributed by atoms with Crippen molar-refractivity contribution in [1.29, 1.82) is 0 Å². The maximum absolute atomic E-state index is 13.2. The van der Waals surface area contributed by atoms with Crippen molar-refractivity contribution in [3.8, 4) is 0 Å². The summed E-state index contributed by atoms with van der Waals surface area (Å²) in [6.07, 6.45) is 4.75. The van der Waals surface area contributed by atoms with Gasteiger partial charge in [-0.3, -0.25) is 14.6 Å². The number of hydrogen-bond acceptors (Lipinski definition) is 6. The second kappa shape index (κ2) is 8.31. The lowest BCUT2D eigenvalue weighted by Gasteiger charge is -2.34. The van der Waals surface area contributed by atoms with Crippen LogP contribution >= 0.6 is 0 Å². The van der Waals surface area contributed by atoms with Gasteiger partial charge in [-0.25, -0.2) is 0 Å². The molecule has 0 radical (unpaired) electrons. The predicted octanol–water partition coefficient (Wildman–Crippen LogP) is 2.80. The summed E-state index contributed by atoms with van der Waals surface area (Å²) in [6.45, 7) is 5.90. The summed E-state index contributed by atoms with van der Waals surface area (Å²) in [5.41, 5.74) is 0.453. The lowest BCUT2D eigenvalue weighted by molar-refractivity contribution is -0.138. The number of hydrogen-bond donors (Lipinski definition) is 0. The molecule has 4 rings (SSSR count). The van der Waals surface area contributed by atoms with Crippen LogP contribution in [0.1, 0.15) is 73.7 Å². The molecular weight excluding hydrogens is 370 g/mol. The summed E-state index contributed by atoms with van der Waals surface area (Å²) >= 11 is 0. The number of pyridine rings is 1. The number of nitrogens with zero attached hydrogens (tertiary/aromatic N) is 5. The zero-order valence-corrected chi connectivity index (χ0v) is 17.0. The van der Waals surface area contributed by atoms with Crippen molar-refractivity contribution < 1.29 is 14.1 Å². The number of piperidine rings is 1. The molecule has 2 aliphatic heterocycles. The molecule has 154 valence electrons. The predicted molar refractivity (Wildman–Crippen MR) is 105 cm³/mol. The molecule has 8 heteroatoms. The van der Waals surface area contributed by atoms with E-state index in [1.807, 2.05) is 24.8 Å². The van der Waals surface area contributed by atoms with Crippen molar-refractivity contribution in [2.75, 3.05) is 19.6 Å². The first-order valence-corrected chi connectivity index (χ1v) is 10.4. The number of likely N-dealkylation sites (tertiary alicyclic amines) is 2. The molecule has 0 saturated carbocycles. The first-order chi connectivity index (χ1) is 14.0. The van der Waals surface area contributed by atoms with E-state index in [-0.39, 0.29) is 29.7 Å². The third-order valence-corrected chi connectivity index (χ3v) is 5.81. The van der Waals surface area contributed by atoms with Crippen LogP contribution in [0.5, 0.6) is 0 Å². The topological polar surface area (TPSA) is 92.4 Å². The molecular formula is C21H27N5O3. The SMILES string of the molecule is CC(C)c1noc([C@@H]2CCCN2C(=O)C2CCN(C(=O)c3ccccn3)CC2)n1. The van der Waals surface area contributed by atoms with E-state index in [9.17, 15) is 9.59 Å². The molecule has 0 bridgehead atoms. The van der Waals surface area contributed by atoms with Crippen LogP contribution in [0.3, 0.4) is 0 Å². The van der Waals surface area contributed by atoms with Crippen molar-refractivity contribution in [2.24, 2.45) is 5.92 Å². The van der Waals surface area contributed by atoms with Crippen LogP contribution in [0.15, 0.2) is 28.9 Å². The molecule has 0 spiro atoms. The van der Waals surface area contributed by atoms with Crippen molar-refractivity contribution >= 4 is 11.8 Å². The van der Waals surface area contributed by atoms with Crippen molar-refractivity contribution in [2.45, 2.75) is 51.5 Å². The van der Waals surface area contributed by atoms with E-state index in [2.05, 4.69) is 15.1 Å². The third kappa shape index (κ3) is 4.02. The molecule has 0 N–H and O–H groups in total. The summed E-state index contributed by atoms with van der Waals surface area (Å²) in [6, 6.07) is 5.20. The fourth-order valence-electron chi connectivity index (χ4n) is 4.12. The van der Waals surface area contributed by atoms with Gasteiger partial charge in [-0.15, -0.1) is 0 Å². The van der Waals surface area contributed by atoms with E-state index in [0.29, 0.717) is 43.3 Å². The quantitative estimate of drug-likeness (QED) is 0.788. The molecule has 4 heterocycles. The van der Waals surface area contributed by atoms with Gasteiger partial charge < -0.3 is 14.3 Å². The fourth-order valence-corrected chi connectivity index (χ4v) is 4.12. The Hall–Kier alpha value is -2.77. The highest BCUT2D eigenvalue weighted by Crippen LogP contribution is 2.34. The normalized spacial score (nSPS) is 20.4. The molecule has 2 fully saturated rings. The Kier molecular flexibility index (Phi) is 5.60. The zero-order valence-electron chi connectivity index (χ0n) is 17.0. The smallest absolute Gasteiger partial charge is 0.272 e. The summed E-state index contributed by atoms with van der Waals surface area (Å²) in [5, 5.41) is 4.05. The highest BCUT2D eigenvalue weighted by atomic mass is 16.5. The molecule has 2 amide bonds. The number of amides is 2. The number of carbonyl (C=O) groups is 2. The summed E-state index contributed by atoms with van der Waals surface area (Å²) < 4.78 is 5.46. The Labute approximate surface area is 170 Å². The maximum atomic E-state index is 13.2. The van der Waals surface area contributed by atoms with Gasteiger partial charge in [-0.1, -0.05) is 25.1 Å². The second-order valence-electron chi connectivity index (χ2n) is 8.12. The van der Waals surface area contributed by atoms with E-state index in [1.54, 1.807) is 23.2 Å². The van der Waals surface area contributed by atoms with Gasteiger partial charge >= 0.3 is 0 Å². The molecule has 29 heavy (non-hydrogen) atoms. The van der Waals surface area contributed by atoms with Crippen molar-refractivity contribution in [3.05, 3.63) is 41.8 Å². The molecule has 0 unspecified atom stereocenters. The van der Waals surface area contributed by atoms with E-state index in [1.165, 1.54) is 0 Å². The van der Waals surface area contributed by atoms with Gasteiger partial charge in [0.1, 0.15) is 11.7 Å².